The number of primary amides is 1. The second-order valence-corrected chi connectivity index (χ2v) is 3.79. The Bertz CT molecular complexity index is 349. The normalized spacial score (nSPS) is 14.2. The minimum Gasteiger partial charge on any atom is -0.497 e. The first-order valence-electron chi connectivity index (χ1n) is 5.24. The number of rotatable bonds is 5. The second-order valence-electron chi connectivity index (χ2n) is 3.79. The molecule has 0 fully saturated rings. The van der Waals surface area contributed by atoms with Crippen LogP contribution in [-0.2, 0) is 4.79 Å². The van der Waals surface area contributed by atoms with Crippen molar-refractivity contribution in [1.29, 1.82) is 0 Å². The predicted molar refractivity (Wildman–Crippen MR) is 63.2 cm³/mol. The largest absolute Gasteiger partial charge is 0.497 e. The van der Waals surface area contributed by atoms with Gasteiger partial charge in [-0.05, 0) is 31.5 Å². The van der Waals surface area contributed by atoms with E-state index < -0.39 is 0 Å². The summed E-state index contributed by atoms with van der Waals surface area (Å²) in [5.41, 5.74) is 6.28. The summed E-state index contributed by atoms with van der Waals surface area (Å²) < 4.78 is 5.07. The van der Waals surface area contributed by atoms with Crippen molar-refractivity contribution >= 4 is 5.91 Å². The van der Waals surface area contributed by atoms with E-state index in [2.05, 4.69) is 5.32 Å². The van der Waals surface area contributed by atoms with Crippen LogP contribution in [0.1, 0.15) is 25.5 Å². The summed E-state index contributed by atoms with van der Waals surface area (Å²) in [5, 5.41) is 3.12. The molecule has 1 unspecified atom stereocenters. The summed E-state index contributed by atoms with van der Waals surface area (Å²) in [6, 6.07) is 7.45. The van der Waals surface area contributed by atoms with Crippen LogP contribution in [0.15, 0.2) is 24.3 Å². The minimum atomic E-state index is -0.347. The van der Waals surface area contributed by atoms with Gasteiger partial charge in [0.2, 0.25) is 5.91 Å². The fraction of sp³-hybridized carbons (Fsp3) is 0.417. The van der Waals surface area contributed by atoms with Crippen LogP contribution in [0.3, 0.4) is 0 Å². The summed E-state index contributed by atoms with van der Waals surface area (Å²) in [5.74, 6) is 0.472. The Kier molecular flexibility index (Phi) is 4.31. The lowest BCUT2D eigenvalue weighted by molar-refractivity contribution is -0.119. The first-order chi connectivity index (χ1) is 7.54. The van der Waals surface area contributed by atoms with E-state index in [0.29, 0.717) is 0 Å². The third-order valence-electron chi connectivity index (χ3n) is 2.54. The maximum absolute atomic E-state index is 10.9. The fourth-order valence-corrected chi connectivity index (χ4v) is 1.45. The number of nitrogens with one attached hydrogen (secondary N) is 1. The summed E-state index contributed by atoms with van der Waals surface area (Å²) in [6.07, 6.45) is 0. The summed E-state index contributed by atoms with van der Waals surface area (Å²) in [7, 11) is 1.63. The van der Waals surface area contributed by atoms with Crippen molar-refractivity contribution in [3.63, 3.8) is 0 Å². The maximum Gasteiger partial charge on any atom is 0.234 e. The van der Waals surface area contributed by atoms with Crippen molar-refractivity contribution in [2.45, 2.75) is 25.9 Å². The van der Waals surface area contributed by atoms with Crippen molar-refractivity contribution in [2.24, 2.45) is 5.73 Å². The van der Waals surface area contributed by atoms with Crippen molar-refractivity contribution < 1.29 is 9.53 Å². The molecule has 0 saturated heterocycles. The van der Waals surface area contributed by atoms with E-state index in [-0.39, 0.29) is 18.0 Å². The van der Waals surface area contributed by atoms with E-state index in [1.165, 1.54) is 0 Å². The molecule has 0 saturated carbocycles. The topological polar surface area (TPSA) is 64.3 Å². The molecule has 0 aliphatic rings. The molecular weight excluding hydrogens is 204 g/mol. The van der Waals surface area contributed by atoms with Crippen LogP contribution in [0.2, 0.25) is 0 Å². The first-order valence-corrected chi connectivity index (χ1v) is 5.24. The molecule has 0 aliphatic carbocycles. The molecule has 16 heavy (non-hydrogen) atoms. The highest BCUT2D eigenvalue weighted by atomic mass is 16.5. The van der Waals surface area contributed by atoms with Crippen LogP contribution in [0.5, 0.6) is 5.75 Å². The summed E-state index contributed by atoms with van der Waals surface area (Å²) in [6.45, 7) is 3.74. The molecular formula is C12H18N2O2. The molecule has 4 nitrogen and oxygen atoms in total. The Morgan fingerprint density at radius 1 is 1.31 bits per heavy atom. The van der Waals surface area contributed by atoms with E-state index >= 15 is 0 Å². The molecule has 3 N–H and O–H groups in total. The van der Waals surface area contributed by atoms with E-state index in [1.807, 2.05) is 31.2 Å². The smallest absolute Gasteiger partial charge is 0.234 e. The molecule has 1 rings (SSSR count). The predicted octanol–water partition coefficient (Wildman–Crippen LogP) is 1.22. The van der Waals surface area contributed by atoms with Crippen molar-refractivity contribution in [3.05, 3.63) is 29.8 Å². The third kappa shape index (κ3) is 3.24. The number of ether oxygens (including phenoxy) is 1. The van der Waals surface area contributed by atoms with Gasteiger partial charge >= 0.3 is 0 Å². The van der Waals surface area contributed by atoms with E-state index in [9.17, 15) is 4.79 Å². The molecule has 1 aromatic carbocycles. The second kappa shape index (κ2) is 5.51. The molecule has 1 amide bonds. The van der Waals surface area contributed by atoms with Gasteiger partial charge in [-0.3, -0.25) is 10.1 Å². The number of carbonyl (C=O) groups is 1. The van der Waals surface area contributed by atoms with Crippen LogP contribution in [-0.4, -0.2) is 19.1 Å². The molecule has 0 aliphatic heterocycles. The van der Waals surface area contributed by atoms with Gasteiger partial charge < -0.3 is 10.5 Å². The molecule has 0 bridgehead atoms. The van der Waals surface area contributed by atoms with Gasteiger partial charge in [0, 0.05) is 6.04 Å². The van der Waals surface area contributed by atoms with E-state index in [4.69, 9.17) is 10.5 Å². The number of nitrogens with two attached hydrogens (primary N) is 1. The van der Waals surface area contributed by atoms with Crippen LogP contribution >= 0.6 is 0 Å². The van der Waals surface area contributed by atoms with Crippen LogP contribution < -0.4 is 15.8 Å². The zero-order valence-corrected chi connectivity index (χ0v) is 9.86. The van der Waals surface area contributed by atoms with E-state index in [1.54, 1.807) is 14.0 Å². The summed E-state index contributed by atoms with van der Waals surface area (Å²) in [4.78, 5) is 10.9. The van der Waals surface area contributed by atoms with Crippen molar-refractivity contribution in [1.82, 2.24) is 5.32 Å². The number of hydrogen-bond donors (Lipinski definition) is 2. The third-order valence-corrected chi connectivity index (χ3v) is 2.54. The lowest BCUT2D eigenvalue weighted by atomic mass is 10.1. The molecule has 0 spiro atoms. The van der Waals surface area contributed by atoms with Gasteiger partial charge in [0.05, 0.1) is 13.2 Å². The SMILES string of the molecule is COc1ccc([C@@H](C)NC(C)C(N)=O)cc1. The van der Waals surface area contributed by atoms with Crippen molar-refractivity contribution in [3.8, 4) is 5.75 Å². The van der Waals surface area contributed by atoms with Crippen LogP contribution in [0.25, 0.3) is 0 Å². The van der Waals surface area contributed by atoms with Gasteiger partial charge in [-0.1, -0.05) is 12.1 Å². The van der Waals surface area contributed by atoms with Gasteiger partial charge in [0.25, 0.3) is 0 Å². The average molecular weight is 222 g/mol. The summed E-state index contributed by atoms with van der Waals surface area (Å²) >= 11 is 0. The Labute approximate surface area is 95.8 Å². The minimum absolute atomic E-state index is 0.0772. The Hall–Kier alpha value is -1.55. The number of methoxy groups -OCH3 is 1. The molecule has 2 atom stereocenters. The monoisotopic (exact) mass is 222 g/mol. The fourth-order valence-electron chi connectivity index (χ4n) is 1.45. The highest BCUT2D eigenvalue weighted by Crippen LogP contribution is 2.17. The molecule has 0 aromatic heterocycles. The average Bonchev–Trinajstić information content (AvgIpc) is 2.28. The molecule has 1 aromatic rings. The van der Waals surface area contributed by atoms with Crippen LogP contribution in [0, 0.1) is 0 Å². The maximum atomic E-state index is 10.9. The Morgan fingerprint density at radius 2 is 1.88 bits per heavy atom. The lowest BCUT2D eigenvalue weighted by Crippen LogP contribution is -2.39. The molecule has 0 radical (unpaired) electrons. The zero-order valence-electron chi connectivity index (χ0n) is 9.86. The highest BCUT2D eigenvalue weighted by molar-refractivity contribution is 5.79. The van der Waals surface area contributed by atoms with Gasteiger partial charge in [0.1, 0.15) is 5.75 Å². The lowest BCUT2D eigenvalue weighted by Gasteiger charge is -2.18. The van der Waals surface area contributed by atoms with Gasteiger partial charge in [-0.2, -0.15) is 0 Å². The zero-order chi connectivity index (χ0) is 12.1. The standard InChI is InChI=1S/C12H18N2O2/c1-8(14-9(2)12(13)15)10-4-6-11(16-3)7-5-10/h4-9,14H,1-3H3,(H2,13,15)/t8-,9?/m1/s1. The van der Waals surface area contributed by atoms with Gasteiger partial charge in [-0.15, -0.1) is 0 Å². The highest BCUT2D eigenvalue weighted by Gasteiger charge is 2.13. The van der Waals surface area contributed by atoms with Gasteiger partial charge in [-0.25, -0.2) is 0 Å². The molecule has 4 heteroatoms. The van der Waals surface area contributed by atoms with Crippen LogP contribution in [0.4, 0.5) is 0 Å². The number of hydrogen-bond acceptors (Lipinski definition) is 3. The first kappa shape index (κ1) is 12.5. The van der Waals surface area contributed by atoms with Gasteiger partial charge in [0.15, 0.2) is 0 Å². The van der Waals surface area contributed by atoms with Crippen molar-refractivity contribution in [2.75, 3.05) is 7.11 Å². The molecule has 0 heterocycles. The molecule has 88 valence electrons. The number of carbonyl (C=O) groups excluding carboxylic acids is 1. The quantitative estimate of drug-likeness (QED) is 0.787. The Balaban J connectivity index is 2.65. The Morgan fingerprint density at radius 3 is 2.31 bits per heavy atom. The number of benzene rings is 1. The van der Waals surface area contributed by atoms with E-state index in [0.717, 1.165) is 11.3 Å². The number of amides is 1.